The summed E-state index contributed by atoms with van der Waals surface area (Å²) in [5.74, 6) is 1.77. The van der Waals surface area contributed by atoms with Crippen LogP contribution >= 0.6 is 34.4 Å². The molecule has 5 heteroatoms. The highest BCUT2D eigenvalue weighted by atomic mass is 127. The third-order valence-electron chi connectivity index (χ3n) is 5.47. The molecule has 0 saturated heterocycles. The number of hydrogen-bond acceptors (Lipinski definition) is 3. The van der Waals surface area contributed by atoms with Gasteiger partial charge in [0.1, 0.15) is 5.75 Å². The molecule has 0 unspecified atom stereocenters. The monoisotopic (exact) mass is 556 g/mol. The highest BCUT2D eigenvalue weighted by Crippen LogP contribution is 2.33. The van der Waals surface area contributed by atoms with Crippen LogP contribution in [0.25, 0.3) is 16.7 Å². The Balaban J connectivity index is 1.70. The van der Waals surface area contributed by atoms with Crippen molar-refractivity contribution in [3.05, 3.63) is 83.4 Å². The van der Waals surface area contributed by atoms with Gasteiger partial charge in [-0.2, -0.15) is 0 Å². The van der Waals surface area contributed by atoms with E-state index in [-0.39, 0.29) is 5.41 Å². The first-order valence-corrected chi connectivity index (χ1v) is 13.4. The molecule has 0 amide bonds. The number of alkyl halides is 1. The van der Waals surface area contributed by atoms with Crippen LogP contribution < -0.4 is 4.74 Å². The largest absolute Gasteiger partial charge is 0.494 e. The Labute approximate surface area is 208 Å². The van der Waals surface area contributed by atoms with Crippen LogP contribution in [0.1, 0.15) is 44.4 Å². The number of benzene rings is 3. The normalized spacial score (nSPS) is 11.8. The molecular formula is C27H29IN2OS. The molecular weight excluding hydrogens is 527 g/mol. The van der Waals surface area contributed by atoms with Crippen LogP contribution in [0.15, 0.2) is 71.9 Å². The summed E-state index contributed by atoms with van der Waals surface area (Å²) in [6, 6.07) is 23.7. The summed E-state index contributed by atoms with van der Waals surface area (Å²) >= 11 is 4.22. The number of nitrogens with zero attached hydrogens (tertiary/aromatic N) is 2. The fraction of sp³-hybridized carbons (Fsp3) is 0.296. The van der Waals surface area contributed by atoms with Crippen molar-refractivity contribution in [2.75, 3.05) is 6.61 Å². The number of hydrogen-bond donors (Lipinski definition) is 0. The molecule has 166 valence electrons. The molecule has 32 heavy (non-hydrogen) atoms. The van der Waals surface area contributed by atoms with Crippen molar-refractivity contribution in [1.29, 1.82) is 0 Å². The fourth-order valence-corrected chi connectivity index (χ4v) is 5.32. The number of rotatable bonds is 7. The third-order valence-corrected chi connectivity index (χ3v) is 7.30. The van der Waals surface area contributed by atoms with Crippen LogP contribution in [0.4, 0.5) is 0 Å². The van der Waals surface area contributed by atoms with Gasteiger partial charge in [0.2, 0.25) is 0 Å². The predicted molar refractivity (Wildman–Crippen MR) is 145 cm³/mol. The molecule has 0 bridgehead atoms. The summed E-state index contributed by atoms with van der Waals surface area (Å²) in [4.78, 5) is 5.02. The van der Waals surface area contributed by atoms with E-state index in [1.165, 1.54) is 22.2 Å². The SMILES string of the molecule is CCOc1ccc(-n2c(SCc3ccc(C(C)(C)C)cc3)nc3cccc(CI)c32)cc1. The van der Waals surface area contributed by atoms with Crippen LogP contribution in [-0.2, 0) is 15.6 Å². The highest BCUT2D eigenvalue weighted by molar-refractivity contribution is 14.1. The van der Waals surface area contributed by atoms with E-state index in [0.29, 0.717) is 6.61 Å². The van der Waals surface area contributed by atoms with E-state index < -0.39 is 0 Å². The average Bonchev–Trinajstić information content (AvgIpc) is 3.17. The maximum absolute atomic E-state index is 5.65. The number of thioether (sulfide) groups is 1. The first kappa shape index (κ1) is 23.2. The lowest BCUT2D eigenvalue weighted by molar-refractivity contribution is 0.340. The summed E-state index contributed by atoms with van der Waals surface area (Å²) in [7, 11) is 0. The number of fused-ring (bicyclic) bond motifs is 1. The van der Waals surface area contributed by atoms with Crippen LogP contribution in [-0.4, -0.2) is 16.2 Å². The summed E-state index contributed by atoms with van der Waals surface area (Å²) in [5, 5.41) is 1.02. The summed E-state index contributed by atoms with van der Waals surface area (Å²) in [5.41, 5.74) is 7.48. The maximum atomic E-state index is 5.65. The zero-order valence-electron chi connectivity index (χ0n) is 19.1. The molecule has 0 N–H and O–H groups in total. The van der Waals surface area contributed by atoms with E-state index >= 15 is 0 Å². The minimum Gasteiger partial charge on any atom is -0.494 e. The van der Waals surface area contributed by atoms with Crippen LogP contribution in [0.3, 0.4) is 0 Å². The third kappa shape index (κ3) is 4.99. The zero-order chi connectivity index (χ0) is 22.7. The van der Waals surface area contributed by atoms with Crippen LogP contribution in [0, 0.1) is 0 Å². The highest BCUT2D eigenvalue weighted by Gasteiger charge is 2.17. The molecule has 3 nitrogen and oxygen atoms in total. The molecule has 4 aromatic rings. The summed E-state index contributed by atoms with van der Waals surface area (Å²) in [6.07, 6.45) is 0. The second kappa shape index (κ2) is 9.87. The van der Waals surface area contributed by atoms with Crippen molar-refractivity contribution in [1.82, 2.24) is 9.55 Å². The average molecular weight is 557 g/mol. The van der Waals surface area contributed by atoms with E-state index in [0.717, 1.165) is 32.3 Å². The lowest BCUT2D eigenvalue weighted by Gasteiger charge is -2.19. The van der Waals surface area contributed by atoms with E-state index in [2.05, 4.69) is 103 Å². The Kier molecular flexibility index (Phi) is 7.15. The zero-order valence-corrected chi connectivity index (χ0v) is 22.0. The van der Waals surface area contributed by atoms with Crippen LogP contribution in [0.5, 0.6) is 5.75 Å². The molecule has 3 aromatic carbocycles. The van der Waals surface area contributed by atoms with Crippen molar-refractivity contribution >= 4 is 45.4 Å². The molecule has 1 heterocycles. The van der Waals surface area contributed by atoms with Gasteiger partial charge >= 0.3 is 0 Å². The van der Waals surface area contributed by atoms with Gasteiger partial charge in [-0.25, -0.2) is 4.98 Å². The number of para-hydroxylation sites is 1. The maximum Gasteiger partial charge on any atom is 0.174 e. The van der Waals surface area contributed by atoms with Crippen molar-refractivity contribution in [2.45, 2.75) is 48.4 Å². The molecule has 0 fully saturated rings. The minimum atomic E-state index is 0.170. The van der Waals surface area contributed by atoms with E-state index in [1.54, 1.807) is 11.8 Å². The Morgan fingerprint density at radius 3 is 2.31 bits per heavy atom. The fourth-order valence-electron chi connectivity index (χ4n) is 3.73. The van der Waals surface area contributed by atoms with Crippen LogP contribution in [0.2, 0.25) is 0 Å². The van der Waals surface area contributed by atoms with Gasteiger partial charge < -0.3 is 4.74 Å². The molecule has 0 saturated carbocycles. The minimum absolute atomic E-state index is 0.170. The van der Waals surface area contributed by atoms with Gasteiger partial charge in [-0.3, -0.25) is 4.57 Å². The number of halogens is 1. The molecule has 0 radical (unpaired) electrons. The van der Waals surface area contributed by atoms with Gasteiger partial charge in [0.25, 0.3) is 0 Å². The molecule has 0 aliphatic rings. The van der Waals surface area contributed by atoms with E-state index in [1.807, 2.05) is 19.1 Å². The van der Waals surface area contributed by atoms with Gasteiger partial charge in [-0.15, -0.1) is 0 Å². The first-order chi connectivity index (χ1) is 15.4. The summed E-state index contributed by atoms with van der Waals surface area (Å²) in [6.45, 7) is 9.43. The number of aromatic nitrogens is 2. The Morgan fingerprint density at radius 2 is 1.69 bits per heavy atom. The molecule has 0 aliphatic heterocycles. The molecule has 0 spiro atoms. The quantitative estimate of drug-likeness (QED) is 0.131. The first-order valence-electron chi connectivity index (χ1n) is 10.9. The molecule has 0 atom stereocenters. The molecule has 0 aliphatic carbocycles. The van der Waals surface area contributed by atoms with E-state index in [9.17, 15) is 0 Å². The lowest BCUT2D eigenvalue weighted by Crippen LogP contribution is -2.10. The standard InChI is InChI=1S/C27H29IN2OS/c1-5-31-23-15-13-22(14-16-23)30-25-20(17-28)7-6-8-24(25)29-26(30)32-18-19-9-11-21(12-10-19)27(2,3)4/h6-16H,5,17-18H2,1-4H3. The molecule has 1 aromatic heterocycles. The number of imidazole rings is 1. The topological polar surface area (TPSA) is 27.1 Å². The Morgan fingerprint density at radius 1 is 0.969 bits per heavy atom. The second-order valence-electron chi connectivity index (χ2n) is 8.81. The van der Waals surface area contributed by atoms with Crippen molar-refractivity contribution in [3.8, 4) is 11.4 Å². The van der Waals surface area contributed by atoms with Crippen molar-refractivity contribution in [3.63, 3.8) is 0 Å². The Hall–Kier alpha value is -1.99. The van der Waals surface area contributed by atoms with Gasteiger partial charge in [0.05, 0.1) is 17.6 Å². The summed E-state index contributed by atoms with van der Waals surface area (Å²) < 4.78 is 8.89. The van der Waals surface area contributed by atoms with E-state index in [4.69, 9.17) is 9.72 Å². The van der Waals surface area contributed by atoms with Gasteiger partial charge in [0, 0.05) is 15.9 Å². The predicted octanol–water partition coefficient (Wildman–Crippen LogP) is 7.95. The van der Waals surface area contributed by atoms with Crippen molar-refractivity contribution in [2.24, 2.45) is 0 Å². The smallest absolute Gasteiger partial charge is 0.174 e. The van der Waals surface area contributed by atoms with Gasteiger partial charge in [-0.1, -0.05) is 91.5 Å². The molecule has 4 rings (SSSR count). The lowest BCUT2D eigenvalue weighted by atomic mass is 9.87. The van der Waals surface area contributed by atoms with Gasteiger partial charge in [0.15, 0.2) is 5.16 Å². The second-order valence-corrected chi connectivity index (χ2v) is 10.5. The van der Waals surface area contributed by atoms with Crippen molar-refractivity contribution < 1.29 is 4.74 Å². The number of ether oxygens (including phenoxy) is 1. The van der Waals surface area contributed by atoms with Gasteiger partial charge in [-0.05, 0) is 59.4 Å². The Bertz CT molecular complexity index is 1190.